The summed E-state index contributed by atoms with van der Waals surface area (Å²) >= 11 is 0. The number of hydrogen-bond acceptors (Lipinski definition) is 3. The van der Waals surface area contributed by atoms with Crippen molar-refractivity contribution in [3.63, 3.8) is 0 Å². The van der Waals surface area contributed by atoms with Crippen molar-refractivity contribution < 1.29 is 4.79 Å². The lowest BCUT2D eigenvalue weighted by molar-refractivity contribution is -0.124. The molecule has 2 rings (SSSR count). The van der Waals surface area contributed by atoms with Crippen LogP contribution in [0, 0.1) is 0 Å². The number of amides is 1. The Labute approximate surface area is 89.1 Å². The second-order valence-corrected chi connectivity index (χ2v) is 3.70. The van der Waals surface area contributed by atoms with E-state index in [2.05, 4.69) is 15.6 Å². The van der Waals surface area contributed by atoms with E-state index in [0.29, 0.717) is 0 Å². The van der Waals surface area contributed by atoms with E-state index in [-0.39, 0.29) is 11.9 Å². The maximum atomic E-state index is 11.4. The predicted molar refractivity (Wildman–Crippen MR) is 57.4 cm³/mol. The van der Waals surface area contributed by atoms with Crippen LogP contribution in [0.4, 0.5) is 0 Å². The third-order valence-electron chi connectivity index (χ3n) is 2.58. The van der Waals surface area contributed by atoms with Crippen LogP contribution in [0.25, 0.3) is 0 Å². The maximum absolute atomic E-state index is 11.4. The van der Waals surface area contributed by atoms with E-state index in [4.69, 9.17) is 0 Å². The number of piperazine rings is 1. The number of carbonyl (C=O) groups excluding carboxylic acids is 1. The van der Waals surface area contributed by atoms with Crippen molar-refractivity contribution in [3.8, 4) is 0 Å². The molecular formula is C11H15N3O. The summed E-state index contributed by atoms with van der Waals surface area (Å²) in [5.74, 6) is 0.116. The molecule has 2 heterocycles. The van der Waals surface area contributed by atoms with Crippen LogP contribution in [0.15, 0.2) is 24.5 Å². The summed E-state index contributed by atoms with van der Waals surface area (Å²) in [6, 6.07) is 3.91. The molecule has 1 saturated heterocycles. The zero-order valence-corrected chi connectivity index (χ0v) is 8.57. The van der Waals surface area contributed by atoms with Crippen molar-refractivity contribution >= 4 is 5.91 Å². The molecule has 0 aliphatic carbocycles. The molecule has 1 aliphatic heterocycles. The van der Waals surface area contributed by atoms with Gasteiger partial charge in [-0.15, -0.1) is 0 Å². The van der Waals surface area contributed by atoms with Crippen LogP contribution in [0.1, 0.15) is 12.0 Å². The molecule has 0 radical (unpaired) electrons. The molecule has 0 saturated carbocycles. The predicted octanol–water partition coefficient (Wildman–Crippen LogP) is 0.102. The largest absolute Gasteiger partial charge is 0.353 e. The average Bonchev–Trinajstić information content (AvgIpc) is 2.29. The second kappa shape index (κ2) is 4.89. The molecule has 1 aromatic heterocycles. The van der Waals surface area contributed by atoms with E-state index >= 15 is 0 Å². The van der Waals surface area contributed by atoms with Crippen molar-refractivity contribution in [1.82, 2.24) is 15.6 Å². The molecule has 80 valence electrons. The number of carbonyl (C=O) groups is 1. The van der Waals surface area contributed by atoms with E-state index in [0.717, 1.165) is 25.9 Å². The molecule has 1 aliphatic rings. The summed E-state index contributed by atoms with van der Waals surface area (Å²) in [5, 5.41) is 6.06. The van der Waals surface area contributed by atoms with Crippen LogP contribution in [0.2, 0.25) is 0 Å². The van der Waals surface area contributed by atoms with Crippen molar-refractivity contribution in [2.75, 3.05) is 13.1 Å². The molecule has 0 aromatic carbocycles. The Morgan fingerprint density at radius 3 is 3.13 bits per heavy atom. The molecule has 1 aromatic rings. The summed E-state index contributed by atoms with van der Waals surface area (Å²) in [5.41, 5.74) is 1.18. The van der Waals surface area contributed by atoms with Crippen LogP contribution in [0.3, 0.4) is 0 Å². The number of pyridine rings is 1. The molecule has 0 spiro atoms. The highest BCUT2D eigenvalue weighted by molar-refractivity contribution is 5.82. The van der Waals surface area contributed by atoms with E-state index in [1.807, 2.05) is 18.3 Å². The smallest absolute Gasteiger partial charge is 0.237 e. The molecule has 4 nitrogen and oxygen atoms in total. The summed E-state index contributed by atoms with van der Waals surface area (Å²) in [6.07, 6.45) is 5.33. The van der Waals surface area contributed by atoms with Crippen LogP contribution in [-0.2, 0) is 11.2 Å². The monoisotopic (exact) mass is 205 g/mol. The van der Waals surface area contributed by atoms with Gasteiger partial charge in [0.25, 0.3) is 0 Å². The molecule has 1 unspecified atom stereocenters. The number of nitrogens with zero attached hydrogens (tertiary/aromatic N) is 1. The third kappa shape index (κ3) is 2.76. The number of nitrogens with one attached hydrogen (secondary N) is 2. The van der Waals surface area contributed by atoms with Gasteiger partial charge in [0, 0.05) is 25.5 Å². The van der Waals surface area contributed by atoms with Crippen LogP contribution in [-0.4, -0.2) is 30.0 Å². The topological polar surface area (TPSA) is 54.0 Å². The lowest BCUT2D eigenvalue weighted by Crippen LogP contribution is -2.52. The number of aryl methyl sites for hydroxylation is 1. The van der Waals surface area contributed by atoms with Gasteiger partial charge in [-0.2, -0.15) is 0 Å². The molecule has 1 atom stereocenters. The summed E-state index contributed by atoms with van der Waals surface area (Å²) in [7, 11) is 0. The fourth-order valence-corrected chi connectivity index (χ4v) is 1.74. The fraction of sp³-hybridized carbons (Fsp3) is 0.455. The van der Waals surface area contributed by atoms with Gasteiger partial charge in [0.2, 0.25) is 5.91 Å². The molecular weight excluding hydrogens is 190 g/mol. The normalized spacial score (nSPS) is 21.1. The summed E-state index contributed by atoms with van der Waals surface area (Å²) in [6.45, 7) is 1.60. The minimum absolute atomic E-state index is 0.0426. The number of hydrogen-bond donors (Lipinski definition) is 2. The Hall–Kier alpha value is -1.42. The van der Waals surface area contributed by atoms with Gasteiger partial charge >= 0.3 is 0 Å². The van der Waals surface area contributed by atoms with Crippen molar-refractivity contribution in [2.24, 2.45) is 0 Å². The summed E-state index contributed by atoms with van der Waals surface area (Å²) in [4.78, 5) is 15.5. The van der Waals surface area contributed by atoms with Gasteiger partial charge in [0.05, 0.1) is 6.04 Å². The minimum Gasteiger partial charge on any atom is -0.353 e. The first kappa shape index (κ1) is 10.1. The van der Waals surface area contributed by atoms with Gasteiger partial charge in [0.15, 0.2) is 0 Å². The maximum Gasteiger partial charge on any atom is 0.237 e. The van der Waals surface area contributed by atoms with Crippen LogP contribution >= 0.6 is 0 Å². The van der Waals surface area contributed by atoms with Crippen LogP contribution in [0.5, 0.6) is 0 Å². The van der Waals surface area contributed by atoms with Crippen LogP contribution < -0.4 is 10.6 Å². The van der Waals surface area contributed by atoms with Crippen molar-refractivity contribution in [2.45, 2.75) is 18.9 Å². The van der Waals surface area contributed by atoms with Crippen molar-refractivity contribution in [3.05, 3.63) is 30.1 Å². The lowest BCUT2D eigenvalue weighted by atomic mass is 10.1. The van der Waals surface area contributed by atoms with E-state index in [9.17, 15) is 4.79 Å². The highest BCUT2D eigenvalue weighted by Crippen LogP contribution is 2.04. The second-order valence-electron chi connectivity index (χ2n) is 3.70. The molecule has 4 heteroatoms. The SMILES string of the molecule is O=C1NCCNC1CCc1cccnc1. The van der Waals surface area contributed by atoms with E-state index in [1.54, 1.807) is 6.20 Å². The van der Waals surface area contributed by atoms with Gasteiger partial charge in [0.1, 0.15) is 0 Å². The minimum atomic E-state index is -0.0426. The zero-order valence-electron chi connectivity index (χ0n) is 8.57. The molecule has 0 bridgehead atoms. The van der Waals surface area contributed by atoms with Gasteiger partial charge in [-0.25, -0.2) is 0 Å². The Kier molecular flexibility index (Phi) is 3.29. The highest BCUT2D eigenvalue weighted by atomic mass is 16.2. The third-order valence-corrected chi connectivity index (χ3v) is 2.58. The standard InChI is InChI=1S/C11H15N3O/c15-11-10(13-6-7-14-11)4-3-9-2-1-5-12-8-9/h1-2,5,8,10,13H,3-4,6-7H2,(H,14,15). The van der Waals surface area contributed by atoms with Crippen molar-refractivity contribution in [1.29, 1.82) is 0 Å². The Bertz CT molecular complexity index is 326. The summed E-state index contributed by atoms with van der Waals surface area (Å²) < 4.78 is 0. The Morgan fingerprint density at radius 1 is 1.47 bits per heavy atom. The first-order valence-corrected chi connectivity index (χ1v) is 5.26. The van der Waals surface area contributed by atoms with Gasteiger partial charge in [-0.3, -0.25) is 9.78 Å². The molecule has 15 heavy (non-hydrogen) atoms. The average molecular weight is 205 g/mol. The van der Waals surface area contributed by atoms with E-state index < -0.39 is 0 Å². The first-order valence-electron chi connectivity index (χ1n) is 5.26. The molecule has 1 amide bonds. The number of rotatable bonds is 3. The van der Waals surface area contributed by atoms with Gasteiger partial charge < -0.3 is 10.6 Å². The zero-order chi connectivity index (χ0) is 10.5. The fourth-order valence-electron chi connectivity index (χ4n) is 1.74. The van der Waals surface area contributed by atoms with Gasteiger partial charge in [-0.05, 0) is 24.5 Å². The molecule has 2 N–H and O–H groups in total. The first-order chi connectivity index (χ1) is 7.36. The quantitative estimate of drug-likeness (QED) is 0.736. The highest BCUT2D eigenvalue weighted by Gasteiger charge is 2.20. The number of aromatic nitrogens is 1. The van der Waals surface area contributed by atoms with Gasteiger partial charge in [-0.1, -0.05) is 6.07 Å². The van der Waals surface area contributed by atoms with E-state index in [1.165, 1.54) is 5.56 Å². The Balaban J connectivity index is 1.85. The Morgan fingerprint density at radius 2 is 2.40 bits per heavy atom. The lowest BCUT2D eigenvalue weighted by Gasteiger charge is -2.23. The molecule has 1 fully saturated rings.